The minimum Gasteiger partial charge on any atom is -0.0622 e. The summed E-state index contributed by atoms with van der Waals surface area (Å²) in [5.74, 6) is 0. The predicted octanol–water partition coefficient (Wildman–Crippen LogP) is 5.25. The third kappa shape index (κ3) is 2.65. The van der Waals surface area contributed by atoms with Gasteiger partial charge in [-0.15, -0.1) is 0 Å². The normalized spacial score (nSPS) is 10.4. The van der Waals surface area contributed by atoms with Crippen molar-refractivity contribution in [2.45, 2.75) is 13.3 Å². The molecule has 0 bridgehead atoms. The van der Waals surface area contributed by atoms with Crippen molar-refractivity contribution in [1.82, 2.24) is 0 Å². The van der Waals surface area contributed by atoms with Gasteiger partial charge >= 0.3 is 0 Å². The molecular weight excluding hydrogens is 240 g/mol. The van der Waals surface area contributed by atoms with Crippen LogP contribution >= 0.6 is 0 Å². The number of benzene rings is 3. The molecule has 0 aliphatic rings. The van der Waals surface area contributed by atoms with Crippen LogP contribution in [0.25, 0.3) is 11.1 Å². The minimum atomic E-state index is 0.993. The zero-order valence-electron chi connectivity index (χ0n) is 11.7. The second-order valence-corrected chi connectivity index (χ2v) is 5.12. The van der Waals surface area contributed by atoms with E-state index in [2.05, 4.69) is 85.8 Å². The Labute approximate surface area is 120 Å². The molecule has 0 heterocycles. The van der Waals surface area contributed by atoms with Gasteiger partial charge in [0.2, 0.25) is 0 Å². The standard InChI is InChI=1S/C20H18/c1-16-19(15-17-9-4-2-5-10-17)13-8-14-20(16)18-11-6-3-7-12-18/h2-14H,15H2,1H3. The van der Waals surface area contributed by atoms with Crippen LogP contribution < -0.4 is 0 Å². The summed E-state index contributed by atoms with van der Waals surface area (Å²) in [6.07, 6.45) is 0.993. The van der Waals surface area contributed by atoms with Gasteiger partial charge < -0.3 is 0 Å². The van der Waals surface area contributed by atoms with E-state index < -0.39 is 0 Å². The Morgan fingerprint density at radius 3 is 2.00 bits per heavy atom. The molecule has 0 atom stereocenters. The van der Waals surface area contributed by atoms with Gasteiger partial charge in [-0.25, -0.2) is 0 Å². The van der Waals surface area contributed by atoms with Crippen molar-refractivity contribution >= 4 is 0 Å². The lowest BCUT2D eigenvalue weighted by Crippen LogP contribution is -1.94. The highest BCUT2D eigenvalue weighted by molar-refractivity contribution is 5.68. The van der Waals surface area contributed by atoms with E-state index in [9.17, 15) is 0 Å². The highest BCUT2D eigenvalue weighted by Gasteiger charge is 2.06. The molecule has 98 valence electrons. The average molecular weight is 258 g/mol. The lowest BCUT2D eigenvalue weighted by atomic mass is 9.93. The van der Waals surface area contributed by atoms with Gasteiger partial charge in [0.25, 0.3) is 0 Å². The maximum Gasteiger partial charge on any atom is -0.00229 e. The van der Waals surface area contributed by atoms with E-state index in [0.29, 0.717) is 0 Å². The molecule has 0 amide bonds. The molecule has 3 rings (SSSR count). The van der Waals surface area contributed by atoms with Crippen molar-refractivity contribution in [2.24, 2.45) is 0 Å². The third-order valence-electron chi connectivity index (χ3n) is 3.77. The van der Waals surface area contributed by atoms with E-state index in [0.717, 1.165) is 6.42 Å². The van der Waals surface area contributed by atoms with Gasteiger partial charge in [0.05, 0.1) is 0 Å². The molecule has 0 unspecified atom stereocenters. The Balaban J connectivity index is 1.98. The SMILES string of the molecule is Cc1c(Cc2ccccc2)cccc1-c1ccccc1. The Morgan fingerprint density at radius 1 is 0.650 bits per heavy atom. The van der Waals surface area contributed by atoms with E-state index in [4.69, 9.17) is 0 Å². The lowest BCUT2D eigenvalue weighted by molar-refractivity contribution is 1.16. The second kappa shape index (κ2) is 5.75. The van der Waals surface area contributed by atoms with Crippen LogP contribution in [0.2, 0.25) is 0 Å². The number of hydrogen-bond acceptors (Lipinski definition) is 0. The molecule has 3 aromatic rings. The summed E-state index contributed by atoms with van der Waals surface area (Å²) in [5, 5.41) is 0. The summed E-state index contributed by atoms with van der Waals surface area (Å²) in [6.45, 7) is 2.22. The van der Waals surface area contributed by atoms with Crippen LogP contribution in [0.5, 0.6) is 0 Å². The van der Waals surface area contributed by atoms with Gasteiger partial charge in [0.1, 0.15) is 0 Å². The Morgan fingerprint density at radius 2 is 1.30 bits per heavy atom. The van der Waals surface area contributed by atoms with Crippen molar-refractivity contribution in [3.63, 3.8) is 0 Å². The zero-order valence-corrected chi connectivity index (χ0v) is 11.7. The van der Waals surface area contributed by atoms with Gasteiger partial charge in [-0.1, -0.05) is 78.9 Å². The smallest absolute Gasteiger partial charge is 0.00229 e. The molecule has 0 radical (unpaired) electrons. The summed E-state index contributed by atoms with van der Waals surface area (Å²) in [5.41, 5.74) is 6.76. The summed E-state index contributed by atoms with van der Waals surface area (Å²) in [7, 11) is 0. The molecule has 0 saturated carbocycles. The third-order valence-corrected chi connectivity index (χ3v) is 3.77. The predicted molar refractivity (Wildman–Crippen MR) is 85.9 cm³/mol. The van der Waals surface area contributed by atoms with Crippen molar-refractivity contribution in [3.8, 4) is 11.1 Å². The topological polar surface area (TPSA) is 0 Å². The van der Waals surface area contributed by atoms with Crippen LogP contribution in [0.3, 0.4) is 0 Å². The summed E-state index contributed by atoms with van der Waals surface area (Å²) >= 11 is 0. The van der Waals surface area contributed by atoms with Gasteiger partial charge in [-0.3, -0.25) is 0 Å². The van der Waals surface area contributed by atoms with Crippen molar-refractivity contribution in [3.05, 3.63) is 95.6 Å². The first kappa shape index (κ1) is 12.7. The molecule has 3 aromatic carbocycles. The van der Waals surface area contributed by atoms with Crippen molar-refractivity contribution < 1.29 is 0 Å². The molecule has 0 N–H and O–H groups in total. The van der Waals surface area contributed by atoms with Crippen LogP contribution in [0.1, 0.15) is 16.7 Å². The highest BCUT2D eigenvalue weighted by Crippen LogP contribution is 2.26. The van der Waals surface area contributed by atoms with E-state index in [1.807, 2.05) is 0 Å². The van der Waals surface area contributed by atoms with Crippen LogP contribution in [0.15, 0.2) is 78.9 Å². The molecule has 0 spiro atoms. The van der Waals surface area contributed by atoms with Crippen molar-refractivity contribution in [2.75, 3.05) is 0 Å². The zero-order chi connectivity index (χ0) is 13.8. The fraction of sp³-hybridized carbons (Fsp3) is 0.100. The maximum absolute atomic E-state index is 2.23. The molecule has 0 saturated heterocycles. The monoisotopic (exact) mass is 258 g/mol. The summed E-state index contributed by atoms with van der Waals surface area (Å²) in [4.78, 5) is 0. The van der Waals surface area contributed by atoms with E-state index in [1.165, 1.54) is 27.8 Å². The Kier molecular flexibility index (Phi) is 3.64. The van der Waals surface area contributed by atoms with Crippen LogP contribution in [-0.2, 0) is 6.42 Å². The first-order valence-corrected chi connectivity index (χ1v) is 7.02. The van der Waals surface area contributed by atoms with E-state index in [-0.39, 0.29) is 0 Å². The van der Waals surface area contributed by atoms with Crippen LogP contribution in [0, 0.1) is 6.92 Å². The van der Waals surface area contributed by atoms with Crippen LogP contribution in [0.4, 0.5) is 0 Å². The molecule has 0 heteroatoms. The Bertz CT molecular complexity index is 682. The number of hydrogen-bond donors (Lipinski definition) is 0. The fourth-order valence-corrected chi connectivity index (χ4v) is 2.62. The van der Waals surface area contributed by atoms with Gasteiger partial charge in [-0.2, -0.15) is 0 Å². The average Bonchev–Trinajstić information content (AvgIpc) is 2.51. The molecular formula is C20H18. The molecule has 0 aliphatic carbocycles. The van der Waals surface area contributed by atoms with Gasteiger partial charge in [0, 0.05) is 0 Å². The minimum absolute atomic E-state index is 0.993. The molecule has 0 aliphatic heterocycles. The highest BCUT2D eigenvalue weighted by atomic mass is 14.1. The largest absolute Gasteiger partial charge is 0.0622 e. The summed E-state index contributed by atoms with van der Waals surface area (Å²) < 4.78 is 0. The quantitative estimate of drug-likeness (QED) is 0.601. The van der Waals surface area contributed by atoms with E-state index >= 15 is 0 Å². The van der Waals surface area contributed by atoms with Crippen molar-refractivity contribution in [1.29, 1.82) is 0 Å². The first-order chi connectivity index (χ1) is 9.84. The first-order valence-electron chi connectivity index (χ1n) is 7.02. The molecule has 0 aromatic heterocycles. The molecule has 0 nitrogen and oxygen atoms in total. The summed E-state index contributed by atoms with van der Waals surface area (Å²) in [6, 6.07) is 27.9. The Hall–Kier alpha value is -2.34. The second-order valence-electron chi connectivity index (χ2n) is 5.12. The van der Waals surface area contributed by atoms with Gasteiger partial charge in [-0.05, 0) is 41.2 Å². The number of rotatable bonds is 3. The van der Waals surface area contributed by atoms with Crippen LogP contribution in [-0.4, -0.2) is 0 Å². The molecule has 20 heavy (non-hydrogen) atoms. The maximum atomic E-state index is 2.23. The van der Waals surface area contributed by atoms with E-state index in [1.54, 1.807) is 0 Å². The van der Waals surface area contributed by atoms with Gasteiger partial charge in [0.15, 0.2) is 0 Å². The lowest BCUT2D eigenvalue weighted by Gasteiger charge is -2.12. The molecule has 0 fully saturated rings. The fourth-order valence-electron chi connectivity index (χ4n) is 2.62.